The largest absolute Gasteiger partial charge is 0.467 e. The van der Waals surface area contributed by atoms with Gasteiger partial charge in [0.25, 0.3) is 0 Å². The molecule has 0 unspecified atom stereocenters. The Balaban J connectivity index is 1.56. The molecule has 0 aliphatic heterocycles. The number of rotatable bonds is 7. The molecule has 1 amide bonds. The van der Waals surface area contributed by atoms with Crippen molar-refractivity contribution in [2.24, 2.45) is 0 Å². The van der Waals surface area contributed by atoms with Crippen LogP contribution in [-0.4, -0.2) is 39.2 Å². The van der Waals surface area contributed by atoms with Gasteiger partial charge in [-0.05, 0) is 40.8 Å². The molecule has 3 aromatic carbocycles. The highest BCUT2D eigenvalue weighted by Crippen LogP contribution is 2.44. The van der Waals surface area contributed by atoms with Crippen LogP contribution < -0.4 is 5.32 Å². The molecule has 4 rings (SSSR count). The molecule has 1 N–H and O–H groups in total. The van der Waals surface area contributed by atoms with E-state index in [1.54, 1.807) is 18.2 Å². The van der Waals surface area contributed by atoms with Gasteiger partial charge in [-0.15, -0.1) is 0 Å². The average molecular weight is 450 g/mol. The fourth-order valence-electron chi connectivity index (χ4n) is 4.10. The highest BCUT2D eigenvalue weighted by molar-refractivity contribution is 7.91. The summed E-state index contributed by atoms with van der Waals surface area (Å²) in [5.74, 6) is -1.93. The highest BCUT2D eigenvalue weighted by atomic mass is 32.2. The lowest BCUT2D eigenvalue weighted by atomic mass is 9.95. The molecule has 0 saturated heterocycles. The maximum absolute atomic E-state index is 13.3. The molecule has 1 aliphatic rings. The van der Waals surface area contributed by atoms with E-state index in [-0.39, 0.29) is 23.0 Å². The highest BCUT2D eigenvalue weighted by Gasteiger charge is 2.35. The normalized spacial score (nSPS) is 13.7. The first kappa shape index (κ1) is 21.8. The summed E-state index contributed by atoms with van der Waals surface area (Å²) in [7, 11) is -2.39. The van der Waals surface area contributed by atoms with E-state index in [0.717, 1.165) is 22.3 Å². The summed E-state index contributed by atoms with van der Waals surface area (Å²) in [6, 6.07) is 22.2. The number of nitrogens with one attached hydrogen (secondary N) is 1. The number of amides is 1. The summed E-state index contributed by atoms with van der Waals surface area (Å²) < 4.78 is 30.1. The number of carbonyl (C=O) groups is 2. The Morgan fingerprint density at radius 2 is 1.41 bits per heavy atom. The monoisotopic (exact) mass is 449 g/mol. The molecule has 0 bridgehead atoms. The number of benzene rings is 3. The van der Waals surface area contributed by atoms with Crippen molar-refractivity contribution in [2.75, 3.05) is 12.9 Å². The first-order valence-corrected chi connectivity index (χ1v) is 11.9. The lowest BCUT2D eigenvalue weighted by Crippen LogP contribution is -2.44. The van der Waals surface area contributed by atoms with E-state index in [9.17, 15) is 18.0 Å². The van der Waals surface area contributed by atoms with E-state index in [1.807, 2.05) is 48.5 Å². The summed E-state index contributed by atoms with van der Waals surface area (Å²) in [4.78, 5) is 25.9. The minimum Gasteiger partial charge on any atom is -0.467 e. The molecule has 1 aliphatic carbocycles. The number of esters is 1. The van der Waals surface area contributed by atoms with Crippen molar-refractivity contribution >= 4 is 21.7 Å². The molecule has 0 heterocycles. The number of hydrogen-bond donors (Lipinski definition) is 1. The van der Waals surface area contributed by atoms with E-state index in [4.69, 9.17) is 4.74 Å². The van der Waals surface area contributed by atoms with Gasteiger partial charge in [0, 0.05) is 0 Å². The minimum absolute atomic E-state index is 0.0916. The summed E-state index contributed by atoms with van der Waals surface area (Å²) in [6.07, 6.45) is -0.0916. The van der Waals surface area contributed by atoms with Gasteiger partial charge in [0.15, 0.2) is 9.84 Å². The molecule has 7 heteroatoms. The number of hydrogen-bond acceptors (Lipinski definition) is 5. The van der Waals surface area contributed by atoms with E-state index in [1.165, 1.54) is 19.2 Å². The van der Waals surface area contributed by atoms with Gasteiger partial charge in [0.2, 0.25) is 5.91 Å². The Bertz CT molecular complexity index is 1210. The van der Waals surface area contributed by atoms with Crippen LogP contribution in [0, 0.1) is 0 Å². The van der Waals surface area contributed by atoms with Crippen molar-refractivity contribution in [3.8, 4) is 11.1 Å². The number of methoxy groups -OCH3 is 1. The minimum atomic E-state index is -3.61. The Labute approximate surface area is 187 Å². The molecule has 0 aromatic heterocycles. The maximum Gasteiger partial charge on any atom is 0.328 e. The SMILES string of the molecule is COC(=O)[C@H](CCS(=O)(=O)c1ccccc1)NC(=O)C1c2ccccc2-c2ccccc21. The topological polar surface area (TPSA) is 89.5 Å². The second kappa shape index (κ2) is 8.96. The van der Waals surface area contributed by atoms with Crippen molar-refractivity contribution in [1.29, 1.82) is 0 Å². The van der Waals surface area contributed by atoms with E-state index in [0.29, 0.717) is 0 Å². The number of sulfone groups is 1. The van der Waals surface area contributed by atoms with Gasteiger partial charge in [0.1, 0.15) is 6.04 Å². The Morgan fingerprint density at radius 1 is 0.875 bits per heavy atom. The predicted molar refractivity (Wildman–Crippen MR) is 121 cm³/mol. The Hall–Kier alpha value is -3.45. The van der Waals surface area contributed by atoms with Gasteiger partial charge in [-0.25, -0.2) is 13.2 Å². The molecule has 0 spiro atoms. The second-order valence-electron chi connectivity index (χ2n) is 7.61. The van der Waals surface area contributed by atoms with Gasteiger partial charge >= 0.3 is 5.97 Å². The van der Waals surface area contributed by atoms with Gasteiger partial charge in [-0.1, -0.05) is 66.7 Å². The van der Waals surface area contributed by atoms with Gasteiger partial charge in [-0.2, -0.15) is 0 Å². The molecular formula is C25H23NO5S. The van der Waals surface area contributed by atoms with Gasteiger partial charge in [-0.3, -0.25) is 4.79 Å². The maximum atomic E-state index is 13.3. The average Bonchev–Trinajstić information content (AvgIpc) is 3.16. The van der Waals surface area contributed by atoms with Crippen LogP contribution in [0.3, 0.4) is 0 Å². The van der Waals surface area contributed by atoms with Crippen LogP contribution in [0.5, 0.6) is 0 Å². The van der Waals surface area contributed by atoms with Crippen LogP contribution in [0.4, 0.5) is 0 Å². The third-order valence-electron chi connectivity index (χ3n) is 5.68. The zero-order chi connectivity index (χ0) is 22.7. The van der Waals surface area contributed by atoms with Crippen LogP contribution in [0.25, 0.3) is 11.1 Å². The Kier molecular flexibility index (Phi) is 6.10. The van der Waals surface area contributed by atoms with Crippen molar-refractivity contribution in [3.05, 3.63) is 90.0 Å². The molecule has 1 atom stereocenters. The molecule has 0 radical (unpaired) electrons. The smallest absolute Gasteiger partial charge is 0.328 e. The molecule has 6 nitrogen and oxygen atoms in total. The standard InChI is InChI=1S/C25H23NO5S/c1-31-25(28)22(15-16-32(29,30)17-9-3-2-4-10-17)26-24(27)23-20-13-7-5-11-18(20)19-12-6-8-14-21(19)23/h2-14,22-23H,15-16H2,1H3,(H,26,27)/t22-/m0/s1. The van der Waals surface area contributed by atoms with Crippen molar-refractivity contribution in [1.82, 2.24) is 5.32 Å². The molecule has 0 fully saturated rings. The van der Waals surface area contributed by atoms with Crippen LogP contribution in [0.1, 0.15) is 23.5 Å². The van der Waals surface area contributed by atoms with Crippen molar-refractivity contribution in [3.63, 3.8) is 0 Å². The lowest BCUT2D eigenvalue weighted by Gasteiger charge is -2.20. The third-order valence-corrected chi connectivity index (χ3v) is 7.44. The Morgan fingerprint density at radius 3 is 1.97 bits per heavy atom. The van der Waals surface area contributed by atoms with Crippen LogP contribution in [0.15, 0.2) is 83.8 Å². The molecular weight excluding hydrogens is 426 g/mol. The summed E-state index contributed by atoms with van der Waals surface area (Å²) >= 11 is 0. The van der Waals surface area contributed by atoms with Crippen molar-refractivity contribution < 1.29 is 22.7 Å². The fourth-order valence-corrected chi connectivity index (χ4v) is 5.46. The van der Waals surface area contributed by atoms with Crippen LogP contribution >= 0.6 is 0 Å². The van der Waals surface area contributed by atoms with Crippen molar-refractivity contribution in [2.45, 2.75) is 23.3 Å². The summed E-state index contributed by atoms with van der Waals surface area (Å²) in [5.41, 5.74) is 3.66. The fraction of sp³-hybridized carbons (Fsp3) is 0.200. The summed E-state index contributed by atoms with van der Waals surface area (Å²) in [5, 5.41) is 2.74. The molecule has 164 valence electrons. The molecule has 32 heavy (non-hydrogen) atoms. The third kappa shape index (κ3) is 4.16. The van der Waals surface area contributed by atoms with Gasteiger partial charge in [0.05, 0.1) is 23.7 Å². The number of carbonyl (C=O) groups excluding carboxylic acids is 2. The first-order valence-electron chi connectivity index (χ1n) is 10.3. The second-order valence-corrected chi connectivity index (χ2v) is 9.72. The summed E-state index contributed by atoms with van der Waals surface area (Å²) in [6.45, 7) is 0. The van der Waals surface area contributed by atoms with E-state index in [2.05, 4.69) is 5.32 Å². The predicted octanol–water partition coefficient (Wildman–Crippen LogP) is 3.32. The quantitative estimate of drug-likeness (QED) is 0.559. The van der Waals surface area contributed by atoms with Crippen LogP contribution in [0.2, 0.25) is 0 Å². The lowest BCUT2D eigenvalue weighted by molar-refractivity contribution is -0.145. The van der Waals surface area contributed by atoms with Gasteiger partial charge < -0.3 is 10.1 Å². The van der Waals surface area contributed by atoms with E-state index < -0.39 is 27.8 Å². The number of ether oxygens (including phenoxy) is 1. The first-order chi connectivity index (χ1) is 15.4. The molecule has 0 saturated carbocycles. The number of fused-ring (bicyclic) bond motifs is 3. The zero-order valence-electron chi connectivity index (χ0n) is 17.5. The van der Waals surface area contributed by atoms with E-state index >= 15 is 0 Å². The van der Waals surface area contributed by atoms with Crippen LogP contribution in [-0.2, 0) is 24.2 Å². The molecule has 3 aromatic rings. The zero-order valence-corrected chi connectivity index (χ0v) is 18.3.